The highest BCUT2D eigenvalue weighted by atomic mass is 35.5. The van der Waals surface area contributed by atoms with Crippen LogP contribution in [0.15, 0.2) is 30.5 Å². The van der Waals surface area contributed by atoms with Gasteiger partial charge < -0.3 is 0 Å². The minimum Gasteiger partial charge on any atom is -0.240 e. The molecule has 2 aromatic rings. The second kappa shape index (κ2) is 5.53. The fraction of sp³-hybridized carbons (Fsp3) is 0.412. The van der Waals surface area contributed by atoms with Crippen molar-refractivity contribution in [3.8, 4) is 0 Å². The third-order valence-corrected chi connectivity index (χ3v) is 4.38. The molecule has 3 rings (SSSR count). The summed E-state index contributed by atoms with van der Waals surface area (Å²) in [5, 5.41) is -0.0392. The quantitative estimate of drug-likeness (QED) is 0.757. The van der Waals surface area contributed by atoms with E-state index in [1.807, 2.05) is 20.0 Å². The Morgan fingerprint density at radius 3 is 2.85 bits per heavy atom. The van der Waals surface area contributed by atoms with Crippen molar-refractivity contribution < 1.29 is 0 Å². The monoisotopic (exact) mass is 286 g/mol. The van der Waals surface area contributed by atoms with Crippen molar-refractivity contribution in [3.63, 3.8) is 0 Å². The van der Waals surface area contributed by atoms with Crippen molar-refractivity contribution in [2.75, 3.05) is 0 Å². The van der Waals surface area contributed by atoms with E-state index in [2.05, 4.69) is 29.2 Å². The van der Waals surface area contributed by atoms with Gasteiger partial charge in [-0.1, -0.05) is 24.3 Å². The lowest BCUT2D eigenvalue weighted by Crippen LogP contribution is -2.14. The fourth-order valence-corrected chi connectivity index (χ4v) is 3.29. The average molecular weight is 287 g/mol. The number of hydrogen-bond donors (Lipinski definition) is 0. The maximum Gasteiger partial charge on any atom is 0.135 e. The molecule has 0 N–H and O–H groups in total. The lowest BCUT2D eigenvalue weighted by atomic mass is 9.82. The summed E-state index contributed by atoms with van der Waals surface area (Å²) in [6, 6.07) is 8.67. The molecule has 0 radical (unpaired) electrons. The van der Waals surface area contributed by atoms with Crippen molar-refractivity contribution in [3.05, 3.63) is 58.7 Å². The molecule has 3 heteroatoms. The minimum absolute atomic E-state index is 0.0392. The van der Waals surface area contributed by atoms with E-state index in [1.165, 1.54) is 24.0 Å². The van der Waals surface area contributed by atoms with Crippen LogP contribution >= 0.6 is 11.6 Å². The van der Waals surface area contributed by atoms with Crippen LogP contribution in [0.1, 0.15) is 59.3 Å². The Hall–Kier alpha value is -1.41. The molecule has 1 aliphatic carbocycles. The molecule has 0 saturated heterocycles. The summed E-state index contributed by atoms with van der Waals surface area (Å²) in [5.41, 5.74) is 4.87. The van der Waals surface area contributed by atoms with E-state index in [0.717, 1.165) is 23.5 Å². The summed E-state index contributed by atoms with van der Waals surface area (Å²) in [4.78, 5) is 9.31. The number of nitrogens with zero attached hydrogens (tertiary/aromatic N) is 2. The summed E-state index contributed by atoms with van der Waals surface area (Å²) in [5.74, 6) is 1.27. The van der Waals surface area contributed by atoms with Crippen LogP contribution in [-0.2, 0) is 6.42 Å². The molecule has 0 fully saturated rings. The number of hydrogen-bond acceptors (Lipinski definition) is 2. The Morgan fingerprint density at radius 1 is 1.30 bits per heavy atom. The molecule has 20 heavy (non-hydrogen) atoms. The highest BCUT2D eigenvalue weighted by Crippen LogP contribution is 2.35. The van der Waals surface area contributed by atoms with Gasteiger partial charge in [-0.3, -0.25) is 0 Å². The van der Waals surface area contributed by atoms with Crippen molar-refractivity contribution in [2.45, 2.75) is 44.4 Å². The number of aryl methyl sites for hydroxylation is 2. The molecule has 1 aromatic heterocycles. The number of rotatable bonds is 2. The van der Waals surface area contributed by atoms with Gasteiger partial charge in [0.15, 0.2) is 0 Å². The molecule has 1 heterocycles. The molecule has 1 aromatic carbocycles. The molecule has 0 bridgehead atoms. The van der Waals surface area contributed by atoms with E-state index in [0.29, 0.717) is 5.92 Å². The Labute approximate surface area is 125 Å². The van der Waals surface area contributed by atoms with Gasteiger partial charge in [-0.25, -0.2) is 9.97 Å². The third kappa shape index (κ3) is 2.45. The highest BCUT2D eigenvalue weighted by molar-refractivity contribution is 6.20. The molecule has 2 nitrogen and oxygen atoms in total. The Morgan fingerprint density at radius 2 is 2.10 bits per heavy atom. The first-order chi connectivity index (χ1) is 9.66. The van der Waals surface area contributed by atoms with Crippen LogP contribution in [0, 0.1) is 6.92 Å². The maximum absolute atomic E-state index is 6.15. The number of aromatic nitrogens is 2. The number of fused-ring (bicyclic) bond motifs is 1. The summed E-state index contributed by atoms with van der Waals surface area (Å²) in [6.45, 7) is 3.98. The fourth-order valence-electron chi connectivity index (χ4n) is 3.07. The van der Waals surface area contributed by atoms with Gasteiger partial charge in [0.1, 0.15) is 5.82 Å². The standard InChI is InChI=1S/C17H19ClN2/c1-11(18)16-10-19-17(20-12(16)2)15-9-5-7-13-6-3-4-8-14(13)15/h3-4,6,8,10-11,15H,5,7,9H2,1-2H3. The Bertz CT molecular complexity index is 622. The Balaban J connectivity index is 2.00. The first-order valence-corrected chi connectivity index (χ1v) is 7.65. The second-order valence-corrected chi connectivity index (χ2v) is 6.18. The predicted octanol–water partition coefficient (Wildman–Crippen LogP) is 4.55. The molecule has 0 amide bonds. The summed E-state index contributed by atoms with van der Waals surface area (Å²) in [6.07, 6.45) is 5.40. The zero-order valence-corrected chi connectivity index (χ0v) is 12.7. The molecule has 1 aliphatic rings. The zero-order valence-electron chi connectivity index (χ0n) is 11.9. The molecular formula is C17H19ClN2. The van der Waals surface area contributed by atoms with Crippen LogP contribution in [0.2, 0.25) is 0 Å². The van der Waals surface area contributed by atoms with E-state index in [-0.39, 0.29) is 5.38 Å². The van der Waals surface area contributed by atoms with Gasteiger partial charge in [-0.05, 0) is 44.2 Å². The van der Waals surface area contributed by atoms with Crippen LogP contribution in [-0.4, -0.2) is 9.97 Å². The van der Waals surface area contributed by atoms with Crippen molar-refractivity contribution >= 4 is 11.6 Å². The van der Waals surface area contributed by atoms with Crippen LogP contribution < -0.4 is 0 Å². The van der Waals surface area contributed by atoms with Gasteiger partial charge in [0.05, 0.1) is 5.38 Å². The number of halogens is 1. The van der Waals surface area contributed by atoms with E-state index in [1.54, 1.807) is 0 Å². The molecule has 104 valence electrons. The van der Waals surface area contributed by atoms with Gasteiger partial charge in [0.25, 0.3) is 0 Å². The van der Waals surface area contributed by atoms with Crippen LogP contribution in [0.4, 0.5) is 0 Å². The normalized spacial score (nSPS) is 19.4. The number of alkyl halides is 1. The van der Waals surface area contributed by atoms with Gasteiger partial charge in [-0.15, -0.1) is 11.6 Å². The first-order valence-electron chi connectivity index (χ1n) is 7.22. The average Bonchev–Trinajstić information content (AvgIpc) is 2.46. The van der Waals surface area contributed by atoms with Crippen molar-refractivity contribution in [1.82, 2.24) is 9.97 Å². The minimum atomic E-state index is -0.0392. The van der Waals surface area contributed by atoms with Crippen molar-refractivity contribution in [1.29, 1.82) is 0 Å². The molecule has 2 atom stereocenters. The third-order valence-electron chi connectivity index (χ3n) is 4.15. The lowest BCUT2D eigenvalue weighted by Gasteiger charge is -2.24. The molecule has 0 spiro atoms. The topological polar surface area (TPSA) is 25.8 Å². The van der Waals surface area contributed by atoms with E-state index in [9.17, 15) is 0 Å². The summed E-state index contributed by atoms with van der Waals surface area (Å²) >= 11 is 6.15. The van der Waals surface area contributed by atoms with Gasteiger partial charge in [-0.2, -0.15) is 0 Å². The van der Waals surface area contributed by atoms with Crippen LogP contribution in [0.25, 0.3) is 0 Å². The summed E-state index contributed by atoms with van der Waals surface area (Å²) in [7, 11) is 0. The largest absolute Gasteiger partial charge is 0.240 e. The lowest BCUT2D eigenvalue weighted by molar-refractivity contribution is 0.587. The molecular weight excluding hydrogens is 268 g/mol. The summed E-state index contributed by atoms with van der Waals surface area (Å²) < 4.78 is 0. The van der Waals surface area contributed by atoms with Gasteiger partial charge in [0, 0.05) is 23.4 Å². The van der Waals surface area contributed by atoms with Crippen LogP contribution in [0.5, 0.6) is 0 Å². The Kier molecular flexibility index (Phi) is 3.75. The van der Waals surface area contributed by atoms with Crippen LogP contribution in [0.3, 0.4) is 0 Å². The van der Waals surface area contributed by atoms with E-state index >= 15 is 0 Å². The van der Waals surface area contributed by atoms with E-state index < -0.39 is 0 Å². The smallest absolute Gasteiger partial charge is 0.135 e. The van der Waals surface area contributed by atoms with Crippen molar-refractivity contribution in [2.24, 2.45) is 0 Å². The molecule has 0 aliphatic heterocycles. The highest BCUT2D eigenvalue weighted by Gasteiger charge is 2.24. The molecule has 2 unspecified atom stereocenters. The van der Waals surface area contributed by atoms with Gasteiger partial charge in [0.2, 0.25) is 0 Å². The zero-order chi connectivity index (χ0) is 14.1. The van der Waals surface area contributed by atoms with Gasteiger partial charge >= 0.3 is 0 Å². The second-order valence-electron chi connectivity index (χ2n) is 5.53. The van der Waals surface area contributed by atoms with E-state index in [4.69, 9.17) is 16.6 Å². The SMILES string of the molecule is Cc1nc(C2CCCc3ccccc32)ncc1C(C)Cl. The first kappa shape index (κ1) is 13.6. The molecule has 0 saturated carbocycles. The maximum atomic E-state index is 6.15. The predicted molar refractivity (Wildman–Crippen MR) is 82.3 cm³/mol. The number of benzene rings is 1.